The van der Waals surface area contributed by atoms with Crippen LogP contribution in [-0.2, 0) is 4.74 Å². The number of halogens is 1. The average Bonchev–Trinajstić information content (AvgIpc) is 3.18. The van der Waals surface area contributed by atoms with E-state index < -0.39 is 0 Å². The van der Waals surface area contributed by atoms with Crippen LogP contribution in [-0.4, -0.2) is 43.9 Å². The summed E-state index contributed by atoms with van der Waals surface area (Å²) in [5.74, 6) is -0.0260. The zero-order chi connectivity index (χ0) is 20.9. The van der Waals surface area contributed by atoms with E-state index in [2.05, 4.69) is 10.5 Å². The molecule has 1 aliphatic heterocycles. The number of rotatable bonds is 6. The Labute approximate surface area is 174 Å². The number of aromatic nitrogens is 1. The highest BCUT2D eigenvalue weighted by atomic mass is 19.1. The first kappa shape index (κ1) is 20.3. The number of ether oxygens (including phenoxy) is 1. The first-order valence-electron chi connectivity index (χ1n) is 10.1. The largest absolute Gasteiger partial charge is 0.370 e. The molecule has 0 unspecified atom stereocenters. The second kappa shape index (κ2) is 9.19. The zero-order valence-corrected chi connectivity index (χ0v) is 16.9. The summed E-state index contributed by atoms with van der Waals surface area (Å²) in [6.07, 6.45) is 0. The maximum atomic E-state index is 13.4. The molecule has 1 fully saturated rings. The third-order valence-corrected chi connectivity index (χ3v) is 5.50. The number of morpholine rings is 1. The van der Waals surface area contributed by atoms with Crippen molar-refractivity contribution in [3.05, 3.63) is 77.3 Å². The minimum absolute atomic E-state index is 0.00112. The number of benzene rings is 2. The van der Waals surface area contributed by atoms with Crippen LogP contribution in [0, 0.1) is 12.7 Å². The Morgan fingerprint density at radius 3 is 2.53 bits per heavy atom. The molecule has 7 heteroatoms. The van der Waals surface area contributed by atoms with Crippen molar-refractivity contribution in [2.75, 3.05) is 32.8 Å². The Balaban J connectivity index is 1.55. The number of nitrogens with one attached hydrogen (secondary N) is 2. The highest BCUT2D eigenvalue weighted by Gasteiger charge is 2.28. The summed E-state index contributed by atoms with van der Waals surface area (Å²) in [5.41, 5.74) is 2.78. The summed E-state index contributed by atoms with van der Waals surface area (Å²) in [7, 11) is 0. The molecule has 1 aliphatic rings. The Morgan fingerprint density at radius 1 is 1.13 bits per heavy atom. The summed E-state index contributed by atoms with van der Waals surface area (Å²) < 4.78 is 24.2. The van der Waals surface area contributed by atoms with Crippen LogP contribution in [0.15, 0.2) is 59.1 Å². The minimum Gasteiger partial charge on any atom is -0.370 e. The topological polar surface area (TPSA) is 68.8 Å². The number of carbonyl (C=O) groups excluding carboxylic acids is 1. The Kier molecular flexibility index (Phi) is 6.21. The summed E-state index contributed by atoms with van der Waals surface area (Å²) in [5, 5.41) is 7.14. The van der Waals surface area contributed by atoms with Crippen molar-refractivity contribution in [1.82, 2.24) is 10.5 Å². The SMILES string of the molecule is Cc1onc(-c2ccccc2)c1C(=O)NC[C@@H](c1ccc(F)cc1)[NH+]1CCOCC1. The molecule has 2 N–H and O–H groups in total. The van der Waals surface area contributed by atoms with Gasteiger partial charge < -0.3 is 19.5 Å². The van der Waals surface area contributed by atoms with Crippen molar-refractivity contribution in [3.8, 4) is 11.3 Å². The molecule has 2 heterocycles. The van der Waals surface area contributed by atoms with Crippen LogP contribution in [0.2, 0.25) is 0 Å². The van der Waals surface area contributed by atoms with Gasteiger partial charge in [-0.2, -0.15) is 0 Å². The fourth-order valence-electron chi connectivity index (χ4n) is 3.89. The summed E-state index contributed by atoms with van der Waals surface area (Å²) in [6.45, 7) is 5.16. The van der Waals surface area contributed by atoms with Crippen LogP contribution in [0.4, 0.5) is 4.39 Å². The van der Waals surface area contributed by atoms with E-state index in [9.17, 15) is 9.18 Å². The van der Waals surface area contributed by atoms with Gasteiger partial charge in [0.2, 0.25) is 0 Å². The fourth-order valence-corrected chi connectivity index (χ4v) is 3.89. The Bertz CT molecular complexity index is 983. The summed E-state index contributed by atoms with van der Waals surface area (Å²) in [4.78, 5) is 14.4. The molecule has 3 aromatic rings. The van der Waals surface area contributed by atoms with Crippen LogP contribution < -0.4 is 10.2 Å². The number of aryl methyl sites for hydroxylation is 1. The molecular weight excluding hydrogens is 385 g/mol. The first-order valence-corrected chi connectivity index (χ1v) is 10.1. The van der Waals surface area contributed by atoms with Crippen molar-refractivity contribution in [2.24, 2.45) is 0 Å². The number of quaternary nitrogens is 1. The Morgan fingerprint density at radius 2 is 1.83 bits per heavy atom. The predicted octanol–water partition coefficient (Wildman–Crippen LogP) is 2.18. The molecule has 0 aliphatic carbocycles. The lowest BCUT2D eigenvalue weighted by molar-refractivity contribution is -0.937. The maximum absolute atomic E-state index is 13.4. The summed E-state index contributed by atoms with van der Waals surface area (Å²) >= 11 is 0. The zero-order valence-electron chi connectivity index (χ0n) is 16.9. The van der Waals surface area contributed by atoms with Gasteiger partial charge in [0, 0.05) is 11.1 Å². The highest BCUT2D eigenvalue weighted by molar-refractivity contribution is 6.00. The van der Waals surface area contributed by atoms with E-state index in [0.29, 0.717) is 36.8 Å². The maximum Gasteiger partial charge on any atom is 0.257 e. The van der Waals surface area contributed by atoms with E-state index >= 15 is 0 Å². The van der Waals surface area contributed by atoms with Crippen LogP contribution in [0.1, 0.15) is 27.7 Å². The molecule has 1 aromatic heterocycles. The van der Waals surface area contributed by atoms with Gasteiger partial charge in [-0.1, -0.05) is 47.6 Å². The lowest BCUT2D eigenvalue weighted by Gasteiger charge is -2.32. The lowest BCUT2D eigenvalue weighted by atomic mass is 10.0. The molecule has 156 valence electrons. The standard InChI is InChI=1S/C23H24FN3O3/c1-16-21(22(26-30-16)18-5-3-2-4-6-18)23(28)25-15-20(27-11-13-29-14-12-27)17-7-9-19(24)10-8-17/h2-10,20H,11-15H2,1H3,(H,25,28)/p+1/t20-/m0/s1. The number of nitrogens with zero attached hydrogens (tertiary/aromatic N) is 1. The van der Waals surface area contributed by atoms with Gasteiger partial charge in [0.25, 0.3) is 5.91 Å². The predicted molar refractivity (Wildman–Crippen MR) is 110 cm³/mol. The van der Waals surface area contributed by atoms with Crippen LogP contribution in [0.25, 0.3) is 11.3 Å². The van der Waals surface area contributed by atoms with Gasteiger partial charge in [-0.15, -0.1) is 0 Å². The van der Waals surface area contributed by atoms with Gasteiger partial charge in [0.1, 0.15) is 42.0 Å². The van der Waals surface area contributed by atoms with E-state index in [-0.39, 0.29) is 17.8 Å². The second-order valence-electron chi connectivity index (χ2n) is 7.41. The molecule has 1 amide bonds. The van der Waals surface area contributed by atoms with Gasteiger partial charge in [0.05, 0.1) is 19.8 Å². The number of hydrogen-bond acceptors (Lipinski definition) is 4. The van der Waals surface area contributed by atoms with Gasteiger partial charge in [-0.25, -0.2) is 4.39 Å². The van der Waals surface area contributed by atoms with Gasteiger partial charge in [-0.05, 0) is 19.1 Å². The van der Waals surface area contributed by atoms with Crippen LogP contribution >= 0.6 is 0 Å². The molecule has 0 bridgehead atoms. The molecule has 1 atom stereocenters. The molecular formula is C23H25FN3O3+. The molecule has 30 heavy (non-hydrogen) atoms. The molecule has 0 radical (unpaired) electrons. The molecule has 1 saturated heterocycles. The number of carbonyl (C=O) groups is 1. The lowest BCUT2D eigenvalue weighted by Crippen LogP contribution is -3.15. The molecule has 0 saturated carbocycles. The molecule has 0 spiro atoms. The van der Waals surface area contributed by atoms with Gasteiger partial charge in [0.15, 0.2) is 0 Å². The minimum atomic E-state index is -0.272. The van der Waals surface area contributed by atoms with E-state index in [0.717, 1.165) is 24.2 Å². The normalized spacial score (nSPS) is 15.7. The fraction of sp³-hybridized carbons (Fsp3) is 0.304. The van der Waals surface area contributed by atoms with Crippen molar-refractivity contribution < 1.29 is 23.3 Å². The smallest absolute Gasteiger partial charge is 0.257 e. The summed E-state index contributed by atoms with van der Waals surface area (Å²) in [6, 6.07) is 16.0. The van der Waals surface area contributed by atoms with Crippen LogP contribution in [0.5, 0.6) is 0 Å². The van der Waals surface area contributed by atoms with Crippen LogP contribution in [0.3, 0.4) is 0 Å². The van der Waals surface area contributed by atoms with E-state index in [4.69, 9.17) is 9.26 Å². The third-order valence-electron chi connectivity index (χ3n) is 5.50. The second-order valence-corrected chi connectivity index (χ2v) is 7.41. The highest BCUT2D eigenvalue weighted by Crippen LogP contribution is 2.25. The molecule has 6 nitrogen and oxygen atoms in total. The van der Waals surface area contributed by atoms with E-state index in [1.165, 1.54) is 17.0 Å². The quantitative estimate of drug-likeness (QED) is 0.654. The van der Waals surface area contributed by atoms with Crippen molar-refractivity contribution in [2.45, 2.75) is 13.0 Å². The van der Waals surface area contributed by atoms with Crippen molar-refractivity contribution in [3.63, 3.8) is 0 Å². The van der Waals surface area contributed by atoms with Crippen molar-refractivity contribution >= 4 is 5.91 Å². The van der Waals surface area contributed by atoms with Crippen molar-refractivity contribution in [1.29, 1.82) is 0 Å². The number of amides is 1. The third kappa shape index (κ3) is 4.42. The van der Waals surface area contributed by atoms with E-state index in [1.54, 1.807) is 19.1 Å². The molecule has 4 rings (SSSR count). The van der Waals surface area contributed by atoms with Gasteiger partial charge >= 0.3 is 0 Å². The molecule has 2 aromatic carbocycles. The first-order chi connectivity index (χ1) is 14.6. The average molecular weight is 410 g/mol. The Hall–Kier alpha value is -3.03. The van der Waals surface area contributed by atoms with E-state index in [1.807, 2.05) is 30.3 Å². The van der Waals surface area contributed by atoms with Gasteiger partial charge in [-0.3, -0.25) is 4.79 Å². The monoisotopic (exact) mass is 410 g/mol. The number of hydrogen-bond donors (Lipinski definition) is 2.